The number of esters is 1. The van der Waals surface area contributed by atoms with Crippen LogP contribution in [0.1, 0.15) is 20.8 Å². The average molecular weight is 309 g/mol. The quantitative estimate of drug-likeness (QED) is 0.474. The number of thioether (sulfide) groups is 1. The van der Waals surface area contributed by atoms with Crippen molar-refractivity contribution in [2.75, 3.05) is 5.75 Å². The molecule has 1 N–H and O–H groups in total. The molecule has 0 spiro atoms. The van der Waals surface area contributed by atoms with Crippen LogP contribution in [0.2, 0.25) is 0 Å². The molecule has 5 nitrogen and oxygen atoms in total. The maximum Gasteiger partial charge on any atom is 0.302 e. The first kappa shape index (κ1) is 15.7. The number of hydrogen-bond donors (Lipinski definition) is 1. The second-order valence-electron chi connectivity index (χ2n) is 3.63. The van der Waals surface area contributed by atoms with Crippen LogP contribution in [0, 0.1) is 5.92 Å². The molecular weight excluding hydrogens is 294 g/mol. The summed E-state index contributed by atoms with van der Waals surface area (Å²) in [5.74, 6) is -0.202. The first-order valence-electron chi connectivity index (χ1n) is 5.43. The van der Waals surface area contributed by atoms with Crippen molar-refractivity contribution in [1.29, 1.82) is 0 Å². The molecule has 18 heavy (non-hydrogen) atoms. The van der Waals surface area contributed by atoms with Gasteiger partial charge in [0, 0.05) is 12.7 Å². The van der Waals surface area contributed by atoms with E-state index in [4.69, 9.17) is 4.74 Å². The molecule has 1 saturated heterocycles. The number of carbonyl (C=O) groups excluding carboxylic acids is 3. The molecule has 0 saturated carbocycles. The van der Waals surface area contributed by atoms with Crippen LogP contribution in [0.4, 0.5) is 4.79 Å². The highest BCUT2D eigenvalue weighted by molar-refractivity contribution is 8.85. The maximum absolute atomic E-state index is 11.5. The van der Waals surface area contributed by atoms with Crippen molar-refractivity contribution in [1.82, 2.24) is 5.32 Å². The molecule has 3 atom stereocenters. The van der Waals surface area contributed by atoms with E-state index in [0.29, 0.717) is 0 Å². The van der Waals surface area contributed by atoms with Crippen LogP contribution in [-0.4, -0.2) is 33.6 Å². The van der Waals surface area contributed by atoms with E-state index in [2.05, 4.69) is 5.32 Å². The van der Waals surface area contributed by atoms with Crippen molar-refractivity contribution in [2.24, 2.45) is 5.92 Å². The van der Waals surface area contributed by atoms with Gasteiger partial charge in [0.1, 0.15) is 12.0 Å². The van der Waals surface area contributed by atoms with Crippen molar-refractivity contribution in [3.63, 3.8) is 0 Å². The monoisotopic (exact) mass is 309 g/mol. The highest BCUT2D eigenvalue weighted by atomic mass is 33.1. The molecule has 0 aromatic rings. The molecule has 1 heterocycles. The fourth-order valence-electron chi connectivity index (χ4n) is 1.50. The fraction of sp³-hybridized carbons (Fsp3) is 0.700. The minimum Gasteiger partial charge on any atom is -0.462 e. The Bertz CT molecular complexity index is 350. The molecule has 1 fully saturated rings. The van der Waals surface area contributed by atoms with E-state index in [9.17, 15) is 14.4 Å². The molecule has 1 aliphatic rings. The van der Waals surface area contributed by atoms with Crippen molar-refractivity contribution in [3.05, 3.63) is 0 Å². The predicted molar refractivity (Wildman–Crippen MR) is 75.4 cm³/mol. The van der Waals surface area contributed by atoms with Gasteiger partial charge < -0.3 is 10.1 Å². The summed E-state index contributed by atoms with van der Waals surface area (Å²) in [6, 6.07) is 0. The highest BCUT2D eigenvalue weighted by Crippen LogP contribution is 2.36. The maximum atomic E-state index is 11.5. The third kappa shape index (κ3) is 4.40. The van der Waals surface area contributed by atoms with Crippen LogP contribution in [0.15, 0.2) is 0 Å². The van der Waals surface area contributed by atoms with Crippen molar-refractivity contribution < 1.29 is 19.1 Å². The molecule has 0 radical (unpaired) electrons. The molecule has 8 heteroatoms. The van der Waals surface area contributed by atoms with Gasteiger partial charge in [-0.3, -0.25) is 14.4 Å². The Hall–Kier alpha value is -0.340. The largest absolute Gasteiger partial charge is 0.462 e. The lowest BCUT2D eigenvalue weighted by Gasteiger charge is -2.38. The smallest absolute Gasteiger partial charge is 0.302 e. The molecule has 0 aromatic carbocycles. The molecule has 0 bridgehead atoms. The second kappa shape index (κ2) is 7.30. The first-order chi connectivity index (χ1) is 8.45. The number of ether oxygens (including phenoxy) is 1. The number of carbonyl (C=O) groups is 3. The summed E-state index contributed by atoms with van der Waals surface area (Å²) < 4.78 is 4.93. The third-order valence-electron chi connectivity index (χ3n) is 2.24. The summed E-state index contributed by atoms with van der Waals surface area (Å²) in [4.78, 5) is 33.8. The van der Waals surface area contributed by atoms with E-state index in [1.54, 1.807) is 6.92 Å². The van der Waals surface area contributed by atoms with Gasteiger partial charge in [-0.25, -0.2) is 0 Å². The fourth-order valence-corrected chi connectivity index (χ4v) is 4.48. The summed E-state index contributed by atoms with van der Waals surface area (Å²) in [6.45, 7) is 4.93. The van der Waals surface area contributed by atoms with E-state index in [-0.39, 0.29) is 15.7 Å². The first-order valence-corrected chi connectivity index (χ1v) is 8.63. The van der Waals surface area contributed by atoms with E-state index in [0.717, 1.165) is 28.3 Å². The van der Waals surface area contributed by atoms with Crippen molar-refractivity contribution in [3.8, 4) is 0 Å². The lowest BCUT2D eigenvalue weighted by Crippen LogP contribution is -2.61. The molecule has 102 valence electrons. The Labute approximate surface area is 118 Å². The van der Waals surface area contributed by atoms with Crippen LogP contribution < -0.4 is 5.32 Å². The van der Waals surface area contributed by atoms with Crippen LogP contribution >= 0.6 is 33.3 Å². The summed E-state index contributed by atoms with van der Waals surface area (Å²) in [7, 11) is 2.63. The molecule has 0 aromatic heterocycles. The Morgan fingerprint density at radius 2 is 2.17 bits per heavy atom. The summed E-state index contributed by atoms with van der Waals surface area (Å²) in [5, 5.41) is 2.34. The summed E-state index contributed by atoms with van der Waals surface area (Å²) in [6.07, 6.45) is -0.509. The second-order valence-corrected chi connectivity index (χ2v) is 7.56. The van der Waals surface area contributed by atoms with Gasteiger partial charge >= 0.3 is 5.97 Å². The number of rotatable bonds is 5. The van der Waals surface area contributed by atoms with Gasteiger partial charge in [-0.15, -0.1) is 0 Å². The van der Waals surface area contributed by atoms with Gasteiger partial charge in [0.05, 0.1) is 5.37 Å². The van der Waals surface area contributed by atoms with Crippen molar-refractivity contribution >= 4 is 49.7 Å². The number of amides is 1. The van der Waals surface area contributed by atoms with Gasteiger partial charge in [0.2, 0.25) is 5.91 Å². The topological polar surface area (TPSA) is 72.5 Å². The zero-order valence-electron chi connectivity index (χ0n) is 10.3. The zero-order chi connectivity index (χ0) is 13.7. The summed E-state index contributed by atoms with van der Waals surface area (Å²) >= 11 is 1.07. The predicted octanol–water partition coefficient (Wildman–Crippen LogP) is 2.26. The molecular formula is C10H15NO4S3. The molecule has 1 rings (SSSR count). The van der Waals surface area contributed by atoms with E-state index >= 15 is 0 Å². The lowest BCUT2D eigenvalue weighted by atomic mass is 9.96. The van der Waals surface area contributed by atoms with E-state index in [1.165, 1.54) is 17.7 Å². The molecule has 1 aliphatic heterocycles. The van der Waals surface area contributed by atoms with Gasteiger partial charge in [-0.05, 0) is 29.5 Å². The molecule has 3 unspecified atom stereocenters. The molecule has 1 amide bonds. The van der Waals surface area contributed by atoms with Gasteiger partial charge in [-0.2, -0.15) is 0 Å². The van der Waals surface area contributed by atoms with Gasteiger partial charge in [-0.1, -0.05) is 17.7 Å². The van der Waals surface area contributed by atoms with Crippen LogP contribution in [0.3, 0.4) is 0 Å². The summed E-state index contributed by atoms with van der Waals surface area (Å²) in [5.41, 5.74) is 0. The van der Waals surface area contributed by atoms with Crippen molar-refractivity contribution in [2.45, 2.75) is 32.2 Å². The Kier molecular flexibility index (Phi) is 6.37. The minimum absolute atomic E-state index is 0.0492. The Morgan fingerprint density at radius 3 is 2.67 bits per heavy atom. The van der Waals surface area contributed by atoms with E-state index < -0.39 is 18.0 Å². The molecule has 0 aliphatic carbocycles. The average Bonchev–Trinajstić information content (AvgIpc) is 2.23. The SMILES string of the molecule is CCSSC(=O)SC1NC(=O)C1C(C)OC(C)=O. The number of nitrogens with one attached hydrogen (secondary N) is 1. The van der Waals surface area contributed by atoms with Crippen LogP contribution in [0.25, 0.3) is 0 Å². The number of β-lactam (4-membered cyclic amide) rings is 1. The lowest BCUT2D eigenvalue weighted by molar-refractivity contribution is -0.154. The van der Waals surface area contributed by atoms with Gasteiger partial charge in [0.25, 0.3) is 4.45 Å². The minimum atomic E-state index is -0.509. The van der Waals surface area contributed by atoms with Gasteiger partial charge in [0.15, 0.2) is 0 Å². The normalized spacial score (nSPS) is 23.8. The zero-order valence-corrected chi connectivity index (χ0v) is 12.7. The third-order valence-corrected chi connectivity index (χ3v) is 5.96. The highest BCUT2D eigenvalue weighted by Gasteiger charge is 2.46. The van der Waals surface area contributed by atoms with E-state index in [1.807, 2.05) is 6.92 Å². The number of hydrogen-bond acceptors (Lipinski definition) is 7. The standard InChI is InChI=1S/C10H15NO4S3/c1-4-16-18-10(14)17-9-7(8(13)11-9)5(2)15-6(3)12/h5,7,9H,4H2,1-3H3,(H,11,13). The Morgan fingerprint density at radius 1 is 1.50 bits per heavy atom. The van der Waals surface area contributed by atoms with Crippen LogP contribution in [-0.2, 0) is 14.3 Å². The van der Waals surface area contributed by atoms with Crippen LogP contribution in [0.5, 0.6) is 0 Å². The Balaban J connectivity index is 2.44.